The lowest BCUT2D eigenvalue weighted by Gasteiger charge is -2.38. The van der Waals surface area contributed by atoms with Crippen molar-refractivity contribution < 1.29 is 18.6 Å². The van der Waals surface area contributed by atoms with Crippen LogP contribution in [-0.2, 0) is 18.6 Å². The molecule has 2 aliphatic heterocycles. The Hall–Kier alpha value is -1.14. The molecule has 4 nitrogen and oxygen atoms in total. The molecule has 1 saturated heterocycles. The minimum Gasteiger partial charge on any atom is -0.488 e. The summed E-state index contributed by atoms with van der Waals surface area (Å²) in [7, 11) is -1.79. The van der Waals surface area contributed by atoms with Gasteiger partial charge in [0.1, 0.15) is 18.0 Å². The highest BCUT2D eigenvalue weighted by atomic mass is 28.4. The van der Waals surface area contributed by atoms with Crippen LogP contribution in [0, 0.1) is 0 Å². The molecule has 1 aromatic carbocycles. The fourth-order valence-corrected chi connectivity index (χ4v) is 3.87. The first-order valence-corrected chi connectivity index (χ1v) is 12.5. The molecule has 5 heteroatoms. The van der Waals surface area contributed by atoms with Gasteiger partial charge in [-0.05, 0) is 37.0 Å². The molecule has 26 heavy (non-hydrogen) atoms. The number of fused-ring (bicyclic) bond motifs is 1. The van der Waals surface area contributed by atoms with Gasteiger partial charge in [0.15, 0.2) is 14.6 Å². The van der Waals surface area contributed by atoms with E-state index in [1.807, 2.05) is 30.3 Å². The lowest BCUT2D eigenvalue weighted by molar-refractivity contribution is -0.259. The van der Waals surface area contributed by atoms with Crippen molar-refractivity contribution in [3.8, 4) is 0 Å². The molecule has 0 aliphatic carbocycles. The van der Waals surface area contributed by atoms with Gasteiger partial charge in [0.2, 0.25) is 0 Å². The maximum Gasteiger partial charge on any atom is 0.192 e. The number of allylic oxidation sites excluding steroid dienone is 1. The van der Waals surface area contributed by atoms with E-state index in [4.69, 9.17) is 18.6 Å². The molecule has 0 spiro atoms. The Morgan fingerprint density at radius 2 is 1.85 bits per heavy atom. The first-order chi connectivity index (χ1) is 12.3. The van der Waals surface area contributed by atoms with E-state index in [1.54, 1.807) is 0 Å². The summed E-state index contributed by atoms with van der Waals surface area (Å²) in [5.41, 5.74) is 1.06. The number of hydrogen-bond acceptors (Lipinski definition) is 4. The fourth-order valence-electron chi connectivity index (χ4n) is 2.94. The molecule has 1 fully saturated rings. The van der Waals surface area contributed by atoms with Gasteiger partial charge in [0.05, 0.1) is 13.2 Å². The Labute approximate surface area is 158 Å². The summed E-state index contributed by atoms with van der Waals surface area (Å²) in [6.07, 6.45) is 3.74. The maximum atomic E-state index is 6.32. The second-order valence-corrected chi connectivity index (χ2v) is 13.5. The van der Waals surface area contributed by atoms with Crippen molar-refractivity contribution in [2.75, 3.05) is 13.2 Å². The van der Waals surface area contributed by atoms with Crippen LogP contribution in [-0.4, -0.2) is 33.7 Å². The summed E-state index contributed by atoms with van der Waals surface area (Å²) in [6, 6.07) is 10.1. The third-order valence-corrected chi connectivity index (χ3v) is 10.2. The van der Waals surface area contributed by atoms with Gasteiger partial charge < -0.3 is 18.6 Å². The SMILES string of the molecule is CC(C)(C)[Si](C)(C)OCC1=CCC[C@@H]2O[C@H](c3ccccc3)OC[C@H]2O1. The van der Waals surface area contributed by atoms with Crippen molar-refractivity contribution in [2.45, 2.75) is 70.2 Å². The maximum absolute atomic E-state index is 6.32. The van der Waals surface area contributed by atoms with Crippen LogP contribution in [0.3, 0.4) is 0 Å². The summed E-state index contributed by atoms with van der Waals surface area (Å²) in [4.78, 5) is 0. The molecule has 2 heterocycles. The number of hydrogen-bond donors (Lipinski definition) is 0. The summed E-state index contributed by atoms with van der Waals surface area (Å²) >= 11 is 0. The van der Waals surface area contributed by atoms with Crippen LogP contribution in [0.2, 0.25) is 18.1 Å². The van der Waals surface area contributed by atoms with E-state index in [0.717, 1.165) is 24.2 Å². The van der Waals surface area contributed by atoms with Crippen molar-refractivity contribution in [3.05, 3.63) is 47.7 Å². The van der Waals surface area contributed by atoms with Gasteiger partial charge in [-0.3, -0.25) is 0 Å². The second-order valence-electron chi connectivity index (χ2n) is 8.70. The molecule has 0 aromatic heterocycles. The molecule has 0 radical (unpaired) electrons. The molecule has 144 valence electrons. The average Bonchev–Trinajstić information content (AvgIpc) is 2.81. The molecule has 0 N–H and O–H groups in total. The number of ether oxygens (including phenoxy) is 3. The molecular formula is C21H32O4Si. The standard InChI is InChI=1S/C21H32O4Si/c1-21(2,3)26(4,5)23-14-17-12-9-13-18-19(24-17)15-22-20(25-18)16-10-7-6-8-11-16/h6-8,10-12,18-20H,9,13-15H2,1-5H3/t18-,19+,20+/m0/s1. The van der Waals surface area contributed by atoms with Crippen LogP contribution in [0.15, 0.2) is 42.2 Å². The van der Waals surface area contributed by atoms with E-state index in [2.05, 4.69) is 39.9 Å². The van der Waals surface area contributed by atoms with Crippen LogP contribution < -0.4 is 0 Å². The van der Waals surface area contributed by atoms with Gasteiger partial charge in [-0.1, -0.05) is 51.1 Å². The number of rotatable bonds is 4. The lowest BCUT2D eigenvalue weighted by Crippen LogP contribution is -2.43. The zero-order valence-corrected chi connectivity index (χ0v) is 17.7. The summed E-state index contributed by atoms with van der Waals surface area (Å²) in [6.45, 7) is 12.4. The molecule has 3 atom stereocenters. The van der Waals surface area contributed by atoms with Crippen molar-refractivity contribution in [1.82, 2.24) is 0 Å². The molecule has 0 saturated carbocycles. The Morgan fingerprint density at radius 1 is 1.12 bits per heavy atom. The Kier molecular flexibility index (Phi) is 5.92. The smallest absolute Gasteiger partial charge is 0.192 e. The topological polar surface area (TPSA) is 36.9 Å². The first kappa shape index (κ1) is 19.6. The predicted molar refractivity (Wildman–Crippen MR) is 105 cm³/mol. The van der Waals surface area contributed by atoms with Gasteiger partial charge >= 0.3 is 0 Å². The normalized spacial score (nSPS) is 27.1. The van der Waals surface area contributed by atoms with Gasteiger partial charge in [0.25, 0.3) is 0 Å². The third kappa shape index (κ3) is 4.57. The van der Waals surface area contributed by atoms with Crippen LogP contribution >= 0.6 is 0 Å². The van der Waals surface area contributed by atoms with E-state index in [1.165, 1.54) is 0 Å². The van der Waals surface area contributed by atoms with Crippen LogP contribution in [0.25, 0.3) is 0 Å². The first-order valence-electron chi connectivity index (χ1n) is 9.58. The monoisotopic (exact) mass is 376 g/mol. The van der Waals surface area contributed by atoms with E-state index in [9.17, 15) is 0 Å². The van der Waals surface area contributed by atoms with E-state index in [0.29, 0.717) is 13.2 Å². The quantitative estimate of drug-likeness (QED) is 0.678. The highest BCUT2D eigenvalue weighted by Gasteiger charge is 2.39. The van der Waals surface area contributed by atoms with Crippen molar-refractivity contribution in [2.24, 2.45) is 0 Å². The second kappa shape index (κ2) is 7.85. The van der Waals surface area contributed by atoms with E-state index < -0.39 is 8.32 Å². The van der Waals surface area contributed by atoms with Gasteiger partial charge in [-0.2, -0.15) is 0 Å². The Balaban J connectivity index is 1.57. The molecule has 2 aliphatic rings. The lowest BCUT2D eigenvalue weighted by atomic mass is 10.1. The number of benzene rings is 1. The van der Waals surface area contributed by atoms with Crippen molar-refractivity contribution in [1.29, 1.82) is 0 Å². The Bertz CT molecular complexity index is 621. The summed E-state index contributed by atoms with van der Waals surface area (Å²) in [5, 5.41) is 0.195. The molecule has 0 unspecified atom stereocenters. The van der Waals surface area contributed by atoms with Crippen LogP contribution in [0.5, 0.6) is 0 Å². The highest BCUT2D eigenvalue weighted by molar-refractivity contribution is 6.74. The van der Waals surface area contributed by atoms with E-state index >= 15 is 0 Å². The minimum atomic E-state index is -1.79. The fraction of sp³-hybridized carbons (Fsp3) is 0.619. The molecule has 1 aromatic rings. The third-order valence-electron chi connectivity index (χ3n) is 5.70. The van der Waals surface area contributed by atoms with Gasteiger partial charge in [-0.25, -0.2) is 0 Å². The van der Waals surface area contributed by atoms with Crippen molar-refractivity contribution >= 4 is 8.32 Å². The molecule has 3 rings (SSSR count). The molecule has 0 amide bonds. The van der Waals surface area contributed by atoms with E-state index in [-0.39, 0.29) is 23.5 Å². The molecule has 0 bridgehead atoms. The zero-order valence-electron chi connectivity index (χ0n) is 16.7. The van der Waals surface area contributed by atoms with Crippen LogP contribution in [0.1, 0.15) is 45.5 Å². The summed E-state index contributed by atoms with van der Waals surface area (Å²) in [5.74, 6) is 0.924. The van der Waals surface area contributed by atoms with Crippen molar-refractivity contribution in [3.63, 3.8) is 0 Å². The molecular weight excluding hydrogens is 344 g/mol. The Morgan fingerprint density at radius 3 is 2.54 bits per heavy atom. The van der Waals surface area contributed by atoms with Gasteiger partial charge in [0, 0.05) is 5.56 Å². The summed E-state index contributed by atoms with van der Waals surface area (Å²) < 4.78 is 24.7. The van der Waals surface area contributed by atoms with Crippen LogP contribution in [0.4, 0.5) is 0 Å². The zero-order chi connectivity index (χ0) is 18.8. The minimum absolute atomic E-state index is 0.0515. The largest absolute Gasteiger partial charge is 0.488 e. The average molecular weight is 377 g/mol. The predicted octanol–water partition coefficient (Wildman–Crippen LogP) is 5.19. The van der Waals surface area contributed by atoms with Gasteiger partial charge in [-0.15, -0.1) is 0 Å². The highest BCUT2D eigenvalue weighted by Crippen LogP contribution is 2.37.